The molecular formula is C19H16N2OS. The molecule has 0 spiro atoms. The third-order valence-electron chi connectivity index (χ3n) is 3.56. The van der Waals surface area contributed by atoms with Crippen LogP contribution in [0.4, 0.5) is 0 Å². The molecule has 3 aromatic rings. The predicted molar refractivity (Wildman–Crippen MR) is 93.7 cm³/mol. The van der Waals surface area contributed by atoms with Crippen molar-refractivity contribution in [2.45, 2.75) is 11.3 Å². The molecular weight excluding hydrogens is 304 g/mol. The molecule has 3 nitrogen and oxygen atoms in total. The number of rotatable bonds is 5. The number of hydrogen-bond acceptors (Lipinski definition) is 4. The van der Waals surface area contributed by atoms with Crippen LogP contribution >= 0.6 is 11.8 Å². The highest BCUT2D eigenvalue weighted by Gasteiger charge is 2.11. The van der Waals surface area contributed by atoms with E-state index in [9.17, 15) is 4.79 Å². The summed E-state index contributed by atoms with van der Waals surface area (Å²) in [5, 5.41) is 0. The fraction of sp³-hybridized carbons (Fsp3) is 0.105. The molecule has 3 rings (SSSR count). The summed E-state index contributed by atoms with van der Waals surface area (Å²) in [4.78, 5) is 22.2. The van der Waals surface area contributed by atoms with Gasteiger partial charge in [-0.2, -0.15) is 0 Å². The van der Waals surface area contributed by atoms with E-state index < -0.39 is 0 Å². The molecule has 114 valence electrons. The zero-order valence-corrected chi connectivity index (χ0v) is 13.6. The Morgan fingerprint density at radius 2 is 1.74 bits per heavy atom. The van der Waals surface area contributed by atoms with Crippen molar-refractivity contribution in [2.75, 3.05) is 6.26 Å². The number of aromatic nitrogens is 2. The smallest absolute Gasteiger partial charge is 0.168 e. The highest BCUT2D eigenvalue weighted by Crippen LogP contribution is 2.22. The van der Waals surface area contributed by atoms with Crippen molar-refractivity contribution in [3.63, 3.8) is 0 Å². The van der Waals surface area contributed by atoms with Gasteiger partial charge in [0.2, 0.25) is 0 Å². The minimum Gasteiger partial charge on any atom is -0.294 e. The lowest BCUT2D eigenvalue weighted by Crippen LogP contribution is -2.05. The molecule has 23 heavy (non-hydrogen) atoms. The molecule has 0 aliphatic heterocycles. The largest absolute Gasteiger partial charge is 0.294 e. The Labute approximate surface area is 139 Å². The number of carbonyl (C=O) groups excluding carboxylic acids is 1. The lowest BCUT2D eigenvalue weighted by molar-refractivity contribution is 0.0992. The van der Waals surface area contributed by atoms with Gasteiger partial charge in [-0.1, -0.05) is 24.3 Å². The molecule has 0 atom stereocenters. The second-order valence-corrected chi connectivity index (χ2v) is 5.91. The van der Waals surface area contributed by atoms with Crippen LogP contribution in [0.3, 0.4) is 0 Å². The van der Waals surface area contributed by atoms with Gasteiger partial charge < -0.3 is 0 Å². The van der Waals surface area contributed by atoms with E-state index in [-0.39, 0.29) is 5.78 Å². The van der Waals surface area contributed by atoms with Gasteiger partial charge >= 0.3 is 0 Å². The summed E-state index contributed by atoms with van der Waals surface area (Å²) in [6, 6.07) is 17.3. The molecule has 0 aliphatic rings. The van der Waals surface area contributed by atoms with Crippen LogP contribution in [-0.4, -0.2) is 22.0 Å². The average molecular weight is 320 g/mol. The normalized spacial score (nSPS) is 10.5. The number of nitrogens with zero attached hydrogens (tertiary/aromatic N) is 2. The molecule has 0 N–H and O–H groups in total. The Balaban J connectivity index is 1.78. The minimum absolute atomic E-state index is 0.0755. The number of pyridine rings is 2. The van der Waals surface area contributed by atoms with E-state index in [4.69, 9.17) is 0 Å². The van der Waals surface area contributed by atoms with Crippen LogP contribution in [0.25, 0.3) is 11.4 Å². The topological polar surface area (TPSA) is 42.9 Å². The van der Waals surface area contributed by atoms with E-state index in [0.29, 0.717) is 12.0 Å². The Morgan fingerprint density at radius 3 is 2.43 bits per heavy atom. The Morgan fingerprint density at radius 1 is 0.957 bits per heavy atom. The van der Waals surface area contributed by atoms with Crippen LogP contribution in [0.1, 0.15) is 15.9 Å². The van der Waals surface area contributed by atoms with Crippen molar-refractivity contribution in [2.24, 2.45) is 0 Å². The van der Waals surface area contributed by atoms with Gasteiger partial charge in [0.1, 0.15) is 0 Å². The van der Waals surface area contributed by atoms with Gasteiger partial charge in [-0.05, 0) is 42.2 Å². The van der Waals surface area contributed by atoms with Crippen molar-refractivity contribution in [3.8, 4) is 11.4 Å². The summed E-state index contributed by atoms with van der Waals surface area (Å²) in [5.74, 6) is 0.0755. The van der Waals surface area contributed by atoms with Crippen LogP contribution in [0.2, 0.25) is 0 Å². The number of carbonyl (C=O) groups is 1. The first-order valence-corrected chi connectivity index (χ1v) is 8.53. The summed E-state index contributed by atoms with van der Waals surface area (Å²) in [5.41, 5.74) is 3.25. The van der Waals surface area contributed by atoms with Crippen LogP contribution in [0.15, 0.2) is 71.9 Å². The standard InChI is InChI=1S/C19H16N2OS/c1-23-19-8-3-2-6-14(19)12-18(22)15-9-10-17(21-13-15)16-7-4-5-11-20-16/h2-11,13H,12H2,1H3. The molecule has 4 heteroatoms. The first-order chi connectivity index (χ1) is 11.3. The van der Waals surface area contributed by atoms with E-state index in [1.54, 1.807) is 24.2 Å². The van der Waals surface area contributed by atoms with Gasteiger partial charge in [-0.25, -0.2) is 0 Å². The van der Waals surface area contributed by atoms with Gasteiger partial charge in [0.25, 0.3) is 0 Å². The van der Waals surface area contributed by atoms with E-state index >= 15 is 0 Å². The minimum atomic E-state index is 0.0755. The molecule has 0 bridgehead atoms. The van der Waals surface area contributed by atoms with E-state index in [2.05, 4.69) is 9.97 Å². The number of Topliss-reactive ketones (excluding diaryl/α,β-unsaturated/α-hetero) is 1. The van der Waals surface area contributed by atoms with Crippen molar-refractivity contribution >= 4 is 17.5 Å². The van der Waals surface area contributed by atoms with Gasteiger partial charge in [0.05, 0.1) is 11.4 Å². The molecule has 1 aromatic carbocycles. The predicted octanol–water partition coefficient (Wildman–Crippen LogP) is 4.29. The molecule has 2 aromatic heterocycles. The summed E-state index contributed by atoms with van der Waals surface area (Å²) in [6.45, 7) is 0. The first-order valence-electron chi connectivity index (χ1n) is 7.30. The second kappa shape index (κ2) is 7.20. The fourth-order valence-electron chi connectivity index (χ4n) is 2.35. The molecule has 0 amide bonds. The van der Waals surface area contributed by atoms with Crippen LogP contribution in [0.5, 0.6) is 0 Å². The highest BCUT2D eigenvalue weighted by atomic mass is 32.2. The number of benzene rings is 1. The molecule has 0 aliphatic carbocycles. The highest BCUT2D eigenvalue weighted by molar-refractivity contribution is 7.98. The summed E-state index contributed by atoms with van der Waals surface area (Å²) < 4.78 is 0. The Bertz CT molecular complexity index is 801. The lowest BCUT2D eigenvalue weighted by atomic mass is 10.0. The fourth-order valence-corrected chi connectivity index (χ4v) is 2.97. The quantitative estimate of drug-likeness (QED) is 0.519. The zero-order chi connectivity index (χ0) is 16.1. The second-order valence-electron chi connectivity index (χ2n) is 5.06. The van der Waals surface area contributed by atoms with E-state index in [1.165, 1.54) is 0 Å². The van der Waals surface area contributed by atoms with Gasteiger partial charge in [-0.15, -0.1) is 11.8 Å². The number of ketones is 1. The van der Waals surface area contributed by atoms with Crippen molar-refractivity contribution in [1.29, 1.82) is 0 Å². The number of thioether (sulfide) groups is 1. The molecule has 2 heterocycles. The first kappa shape index (κ1) is 15.4. The maximum atomic E-state index is 12.5. The molecule has 0 saturated carbocycles. The molecule has 0 unspecified atom stereocenters. The van der Waals surface area contributed by atoms with Gasteiger partial charge in [0.15, 0.2) is 5.78 Å². The summed E-state index contributed by atoms with van der Waals surface area (Å²) in [7, 11) is 0. The average Bonchev–Trinajstić information content (AvgIpc) is 2.63. The molecule has 0 saturated heterocycles. The lowest BCUT2D eigenvalue weighted by Gasteiger charge is -2.07. The maximum absolute atomic E-state index is 12.5. The van der Waals surface area contributed by atoms with Crippen molar-refractivity contribution in [1.82, 2.24) is 9.97 Å². The summed E-state index contributed by atoms with van der Waals surface area (Å²) >= 11 is 1.66. The molecule has 0 radical (unpaired) electrons. The Hall–Kier alpha value is -2.46. The monoisotopic (exact) mass is 320 g/mol. The zero-order valence-electron chi connectivity index (χ0n) is 12.8. The van der Waals surface area contributed by atoms with Crippen molar-refractivity contribution < 1.29 is 4.79 Å². The Kier molecular flexibility index (Phi) is 4.83. The summed E-state index contributed by atoms with van der Waals surface area (Å²) in [6.07, 6.45) is 5.78. The van der Waals surface area contributed by atoms with Crippen LogP contribution < -0.4 is 0 Å². The van der Waals surface area contributed by atoms with Gasteiger partial charge in [-0.3, -0.25) is 14.8 Å². The van der Waals surface area contributed by atoms with Crippen LogP contribution in [-0.2, 0) is 6.42 Å². The molecule has 0 fully saturated rings. The van der Waals surface area contributed by atoms with E-state index in [1.807, 2.05) is 60.9 Å². The number of hydrogen-bond donors (Lipinski definition) is 0. The third-order valence-corrected chi connectivity index (χ3v) is 4.39. The van der Waals surface area contributed by atoms with Crippen LogP contribution in [0, 0.1) is 0 Å². The van der Waals surface area contributed by atoms with Gasteiger partial charge in [0, 0.05) is 29.3 Å². The van der Waals surface area contributed by atoms with E-state index in [0.717, 1.165) is 21.8 Å². The van der Waals surface area contributed by atoms with Crippen molar-refractivity contribution in [3.05, 3.63) is 78.1 Å². The maximum Gasteiger partial charge on any atom is 0.168 e. The third kappa shape index (κ3) is 3.66. The SMILES string of the molecule is CSc1ccccc1CC(=O)c1ccc(-c2ccccn2)nc1.